The first-order chi connectivity index (χ1) is 6.41. The van der Waals surface area contributed by atoms with Crippen LogP contribution in [0.2, 0.25) is 0 Å². The van der Waals surface area contributed by atoms with Gasteiger partial charge in [-0.15, -0.1) is 0 Å². The molecule has 0 aliphatic carbocycles. The van der Waals surface area contributed by atoms with Gasteiger partial charge in [-0.3, -0.25) is 0 Å². The second-order valence-electron chi connectivity index (χ2n) is 3.87. The molecule has 14 heavy (non-hydrogen) atoms. The van der Waals surface area contributed by atoms with Crippen LogP contribution in [0.3, 0.4) is 0 Å². The fourth-order valence-corrected chi connectivity index (χ4v) is 1.48. The number of hydrogen-bond acceptors (Lipinski definition) is 1. The smallest absolute Gasteiger partial charge is 0.317 e. The molecule has 0 fully saturated rings. The Morgan fingerprint density at radius 2 is 1.07 bits per heavy atom. The summed E-state index contributed by atoms with van der Waals surface area (Å²) < 4.78 is 0. The Kier molecular flexibility index (Phi) is 19.4. The Morgan fingerprint density at radius 1 is 0.643 bits per heavy atom. The Hall–Kier alpha value is 0.557. The Balaban J connectivity index is 0. The van der Waals surface area contributed by atoms with Crippen molar-refractivity contribution in [3.05, 3.63) is 0 Å². The van der Waals surface area contributed by atoms with Crippen molar-refractivity contribution in [2.24, 2.45) is 0 Å². The van der Waals surface area contributed by atoms with E-state index in [1.54, 1.807) is 0 Å². The van der Waals surface area contributed by atoms with Gasteiger partial charge in [0.2, 0.25) is 0 Å². The van der Waals surface area contributed by atoms with E-state index in [0.29, 0.717) is 0 Å². The summed E-state index contributed by atoms with van der Waals surface area (Å²) in [4.78, 5) is 0. The van der Waals surface area contributed by atoms with Crippen LogP contribution in [0, 0.1) is 0 Å². The van der Waals surface area contributed by atoms with Crippen LogP contribution >= 0.6 is 0 Å². The van der Waals surface area contributed by atoms with Crippen molar-refractivity contribution in [3.8, 4) is 0 Å². The van der Waals surface area contributed by atoms with E-state index in [0.717, 1.165) is 0 Å². The molecule has 0 radical (unpaired) electrons. The van der Waals surface area contributed by atoms with E-state index in [9.17, 15) is 0 Å². The standard InChI is InChI=1S/C12H27N.Li/c1-3-5-7-9-11-13-12-10-8-6-4-2;/h13H,3-12H2,1-2H3;/q;+1. The second-order valence-corrected chi connectivity index (χ2v) is 3.87. The number of nitrogens with one attached hydrogen (secondary N) is 1. The quantitative estimate of drug-likeness (QED) is 0.398. The molecular formula is C12H27LiN+. The van der Waals surface area contributed by atoms with Gasteiger partial charge >= 0.3 is 18.9 Å². The summed E-state index contributed by atoms with van der Waals surface area (Å²) in [5, 5.41) is 3.50. The van der Waals surface area contributed by atoms with E-state index in [1.807, 2.05) is 0 Å². The SMILES string of the molecule is CCCCCCNCCCCCC.[Li+]. The molecule has 0 rings (SSSR count). The molecule has 0 amide bonds. The number of hydrogen-bond donors (Lipinski definition) is 1. The average molecular weight is 192 g/mol. The average Bonchev–Trinajstić information content (AvgIpc) is 2.16. The van der Waals surface area contributed by atoms with Gasteiger partial charge in [0.05, 0.1) is 0 Å². The minimum absolute atomic E-state index is 0. The molecule has 2 heteroatoms. The molecule has 0 spiro atoms. The molecule has 0 aliphatic rings. The normalized spacial score (nSPS) is 9.86. The number of unbranched alkanes of at least 4 members (excludes halogenated alkanes) is 6. The minimum atomic E-state index is 0. The monoisotopic (exact) mass is 192 g/mol. The summed E-state index contributed by atoms with van der Waals surface area (Å²) >= 11 is 0. The maximum Gasteiger partial charge on any atom is 1.00 e. The van der Waals surface area contributed by atoms with Crippen LogP contribution in [-0.4, -0.2) is 13.1 Å². The van der Waals surface area contributed by atoms with E-state index in [4.69, 9.17) is 0 Å². The van der Waals surface area contributed by atoms with Gasteiger partial charge in [0.1, 0.15) is 0 Å². The zero-order valence-electron chi connectivity index (χ0n) is 10.6. The van der Waals surface area contributed by atoms with Crippen molar-refractivity contribution in [2.75, 3.05) is 13.1 Å². The van der Waals surface area contributed by atoms with Gasteiger partial charge in [-0.1, -0.05) is 52.4 Å². The molecule has 0 bridgehead atoms. The molecule has 0 atom stereocenters. The summed E-state index contributed by atoms with van der Waals surface area (Å²) in [7, 11) is 0. The van der Waals surface area contributed by atoms with Crippen molar-refractivity contribution in [2.45, 2.75) is 65.2 Å². The Morgan fingerprint density at radius 3 is 1.43 bits per heavy atom. The van der Waals surface area contributed by atoms with Gasteiger partial charge in [-0.2, -0.15) is 0 Å². The van der Waals surface area contributed by atoms with Crippen molar-refractivity contribution in [1.82, 2.24) is 5.32 Å². The zero-order valence-corrected chi connectivity index (χ0v) is 10.6. The molecule has 0 aromatic rings. The molecule has 0 aromatic heterocycles. The topological polar surface area (TPSA) is 12.0 Å². The first-order valence-electron chi connectivity index (χ1n) is 6.12. The molecule has 0 unspecified atom stereocenters. The van der Waals surface area contributed by atoms with E-state index >= 15 is 0 Å². The maximum atomic E-state index is 3.50. The van der Waals surface area contributed by atoms with Gasteiger partial charge in [0, 0.05) is 0 Å². The van der Waals surface area contributed by atoms with Crippen LogP contribution in [-0.2, 0) is 0 Å². The van der Waals surface area contributed by atoms with Gasteiger partial charge < -0.3 is 5.32 Å². The first kappa shape index (κ1) is 17.0. The van der Waals surface area contributed by atoms with Gasteiger partial charge in [-0.25, -0.2) is 0 Å². The van der Waals surface area contributed by atoms with Crippen LogP contribution in [0.15, 0.2) is 0 Å². The van der Waals surface area contributed by atoms with E-state index in [1.165, 1.54) is 64.5 Å². The van der Waals surface area contributed by atoms with Crippen molar-refractivity contribution < 1.29 is 18.9 Å². The molecular weight excluding hydrogens is 165 g/mol. The molecule has 0 saturated carbocycles. The van der Waals surface area contributed by atoms with Crippen molar-refractivity contribution >= 4 is 0 Å². The predicted molar refractivity (Wildman–Crippen MR) is 61.2 cm³/mol. The van der Waals surface area contributed by atoms with Gasteiger partial charge in [-0.05, 0) is 25.9 Å². The number of rotatable bonds is 10. The van der Waals surface area contributed by atoms with Gasteiger partial charge in [0.25, 0.3) is 0 Å². The molecule has 80 valence electrons. The van der Waals surface area contributed by atoms with Crippen LogP contribution < -0.4 is 24.2 Å². The maximum absolute atomic E-state index is 3.50. The molecule has 1 N–H and O–H groups in total. The van der Waals surface area contributed by atoms with Crippen LogP contribution in [0.25, 0.3) is 0 Å². The molecule has 0 saturated heterocycles. The largest absolute Gasteiger partial charge is 1.00 e. The molecule has 0 aromatic carbocycles. The molecule has 1 nitrogen and oxygen atoms in total. The van der Waals surface area contributed by atoms with Crippen LogP contribution in [0.1, 0.15) is 65.2 Å². The fourth-order valence-electron chi connectivity index (χ4n) is 1.48. The predicted octanol–water partition coefficient (Wildman–Crippen LogP) is 0.741. The minimum Gasteiger partial charge on any atom is -0.317 e. The summed E-state index contributed by atoms with van der Waals surface area (Å²) in [6.07, 6.45) is 11.0. The summed E-state index contributed by atoms with van der Waals surface area (Å²) in [6, 6.07) is 0. The zero-order chi connectivity index (χ0) is 9.78. The fraction of sp³-hybridized carbons (Fsp3) is 1.00. The second kappa shape index (κ2) is 16.0. The first-order valence-corrected chi connectivity index (χ1v) is 6.12. The van der Waals surface area contributed by atoms with Gasteiger partial charge in [0.15, 0.2) is 0 Å². The third kappa shape index (κ3) is 15.0. The van der Waals surface area contributed by atoms with E-state index < -0.39 is 0 Å². The van der Waals surface area contributed by atoms with Crippen molar-refractivity contribution in [3.63, 3.8) is 0 Å². The van der Waals surface area contributed by atoms with E-state index in [-0.39, 0.29) is 18.9 Å². The summed E-state index contributed by atoms with van der Waals surface area (Å²) in [6.45, 7) is 6.98. The molecule has 0 heterocycles. The third-order valence-corrected chi connectivity index (χ3v) is 2.41. The summed E-state index contributed by atoms with van der Waals surface area (Å²) in [5.41, 5.74) is 0. The van der Waals surface area contributed by atoms with Crippen LogP contribution in [0.4, 0.5) is 0 Å². The Bertz CT molecular complexity index is 76.4. The summed E-state index contributed by atoms with van der Waals surface area (Å²) in [5.74, 6) is 0. The van der Waals surface area contributed by atoms with E-state index in [2.05, 4.69) is 19.2 Å². The van der Waals surface area contributed by atoms with Crippen LogP contribution in [0.5, 0.6) is 0 Å². The molecule has 0 aliphatic heterocycles. The Labute approximate surface area is 103 Å². The third-order valence-electron chi connectivity index (χ3n) is 2.41. The van der Waals surface area contributed by atoms with Crippen molar-refractivity contribution in [1.29, 1.82) is 0 Å².